The summed E-state index contributed by atoms with van der Waals surface area (Å²) in [7, 11) is 0. The Morgan fingerprint density at radius 3 is 2.75 bits per heavy atom. The van der Waals surface area contributed by atoms with Crippen LogP contribution in [0.4, 0.5) is 0 Å². The van der Waals surface area contributed by atoms with Crippen LogP contribution >= 0.6 is 11.8 Å². The van der Waals surface area contributed by atoms with Crippen molar-refractivity contribution in [3.05, 3.63) is 0 Å². The first kappa shape index (κ1) is 11.4. The third-order valence-corrected chi connectivity index (χ3v) is 2.15. The fourth-order valence-corrected chi connectivity index (χ4v) is 1.42. The van der Waals surface area contributed by atoms with E-state index < -0.39 is 0 Å². The van der Waals surface area contributed by atoms with E-state index in [1.165, 1.54) is 12.4 Å². The topological polar surface area (TPSA) is 48.6 Å². The summed E-state index contributed by atoms with van der Waals surface area (Å²) in [4.78, 5) is 8.40. The van der Waals surface area contributed by atoms with Crippen LogP contribution in [0.1, 0.15) is 13.8 Å². The maximum atomic E-state index is 6.77. The van der Waals surface area contributed by atoms with Crippen molar-refractivity contribution in [1.82, 2.24) is 0 Å². The van der Waals surface area contributed by atoms with Gasteiger partial charge in [0.15, 0.2) is 0 Å². The molecular formula is C8H15N3S. The molecule has 1 atom stereocenters. The summed E-state index contributed by atoms with van der Waals surface area (Å²) in [6, 6.07) is 0.0848. The highest BCUT2D eigenvalue weighted by atomic mass is 32.2. The average Bonchev–Trinajstić information content (AvgIpc) is 2.10. The lowest BCUT2D eigenvalue weighted by Crippen LogP contribution is -2.11. The monoisotopic (exact) mass is 185 g/mol. The lowest BCUT2D eigenvalue weighted by molar-refractivity contribution is 0.979. The lowest BCUT2D eigenvalue weighted by Gasteiger charge is -2.06. The van der Waals surface area contributed by atoms with Crippen LogP contribution in [0.2, 0.25) is 0 Å². The van der Waals surface area contributed by atoms with Gasteiger partial charge in [0, 0.05) is 19.0 Å². The second-order valence-corrected chi connectivity index (χ2v) is 2.98. The quantitative estimate of drug-likeness (QED) is 0.527. The molecule has 68 valence electrons. The summed E-state index contributed by atoms with van der Waals surface area (Å²) in [5, 5.41) is 7.80. The summed E-state index contributed by atoms with van der Waals surface area (Å²) in [6.07, 6.45) is 4.66. The maximum absolute atomic E-state index is 6.77. The molecule has 1 unspecified atom stereocenters. The molecule has 0 aromatic rings. The molecule has 4 heteroatoms. The molecule has 0 spiro atoms. The Morgan fingerprint density at radius 1 is 1.67 bits per heavy atom. The number of hydrogen-bond donors (Lipinski definition) is 1. The third kappa shape index (κ3) is 4.28. The summed E-state index contributed by atoms with van der Waals surface area (Å²) in [5.74, 6) is 0. The van der Waals surface area contributed by atoms with Gasteiger partial charge in [0.2, 0.25) is 0 Å². The minimum atomic E-state index is 0.0848. The Hall–Kier alpha value is -0.640. The largest absolute Gasteiger partial charge is 0.307 e. The van der Waals surface area contributed by atoms with Crippen molar-refractivity contribution < 1.29 is 0 Å². The molecule has 3 nitrogen and oxygen atoms in total. The van der Waals surface area contributed by atoms with E-state index in [9.17, 15) is 0 Å². The van der Waals surface area contributed by atoms with Gasteiger partial charge in [0.1, 0.15) is 0 Å². The number of hydrogen-bond acceptors (Lipinski definition) is 4. The van der Waals surface area contributed by atoms with Crippen LogP contribution in [-0.4, -0.2) is 36.3 Å². The molecule has 0 radical (unpaired) electrons. The highest BCUT2D eigenvalue weighted by Gasteiger charge is 2.04. The summed E-state index contributed by atoms with van der Waals surface area (Å²) in [6.45, 7) is 4.77. The van der Waals surface area contributed by atoms with Crippen molar-refractivity contribution in [2.45, 2.75) is 19.9 Å². The van der Waals surface area contributed by atoms with Crippen molar-refractivity contribution in [1.29, 1.82) is 5.41 Å². The minimum absolute atomic E-state index is 0.0848. The zero-order valence-corrected chi connectivity index (χ0v) is 8.56. The van der Waals surface area contributed by atoms with Gasteiger partial charge in [-0.25, -0.2) is 0 Å². The summed E-state index contributed by atoms with van der Waals surface area (Å²) in [5.41, 5.74) is 0. The molecule has 0 bridgehead atoms. The summed E-state index contributed by atoms with van der Waals surface area (Å²) >= 11 is 1.61. The van der Waals surface area contributed by atoms with Crippen LogP contribution in [0.15, 0.2) is 9.98 Å². The fraction of sp³-hybridized carbons (Fsp3) is 0.625. The van der Waals surface area contributed by atoms with Crippen molar-refractivity contribution >= 4 is 29.2 Å². The molecule has 12 heavy (non-hydrogen) atoms. The van der Waals surface area contributed by atoms with Crippen molar-refractivity contribution in [3.63, 3.8) is 0 Å². The second kappa shape index (κ2) is 7.03. The van der Waals surface area contributed by atoms with E-state index >= 15 is 0 Å². The predicted octanol–water partition coefficient (Wildman–Crippen LogP) is 1.88. The van der Waals surface area contributed by atoms with Gasteiger partial charge < -0.3 is 5.41 Å². The molecule has 0 amide bonds. The molecular weight excluding hydrogens is 170 g/mol. The van der Waals surface area contributed by atoms with E-state index in [4.69, 9.17) is 5.41 Å². The Labute approximate surface area is 77.9 Å². The Bertz CT molecular complexity index is 187. The molecule has 0 saturated carbocycles. The van der Waals surface area contributed by atoms with Crippen molar-refractivity contribution in [2.75, 3.05) is 12.8 Å². The highest BCUT2D eigenvalue weighted by Crippen LogP contribution is 2.06. The molecule has 0 fully saturated rings. The van der Waals surface area contributed by atoms with E-state index in [1.54, 1.807) is 11.8 Å². The molecule has 0 aliphatic rings. The maximum Gasteiger partial charge on any atom is 0.0948 e. The van der Waals surface area contributed by atoms with Gasteiger partial charge in [0.05, 0.1) is 11.1 Å². The Balaban J connectivity index is 4.20. The molecule has 1 N–H and O–H groups in total. The van der Waals surface area contributed by atoms with Crippen molar-refractivity contribution in [2.24, 2.45) is 9.98 Å². The van der Waals surface area contributed by atoms with Crippen LogP contribution < -0.4 is 0 Å². The first-order valence-corrected chi connectivity index (χ1v) is 5.09. The molecule has 0 rings (SSSR count). The molecule has 0 saturated heterocycles. The lowest BCUT2D eigenvalue weighted by atomic mass is 10.4. The van der Waals surface area contributed by atoms with Gasteiger partial charge in [-0.05, 0) is 20.1 Å². The smallest absolute Gasteiger partial charge is 0.0948 e. The standard InChI is InChI=1S/C8H15N3S/c1-4-10-8(12-3)7(2)11-6-5-9/h5-7,9H,4H2,1-3H3/b9-5?,10-8+,11-6-. The van der Waals surface area contributed by atoms with Crippen LogP contribution in [0.3, 0.4) is 0 Å². The van der Waals surface area contributed by atoms with Crippen LogP contribution in [0.25, 0.3) is 0 Å². The first-order valence-electron chi connectivity index (χ1n) is 3.86. The van der Waals surface area contributed by atoms with E-state index in [1.807, 2.05) is 20.1 Å². The van der Waals surface area contributed by atoms with Gasteiger partial charge >= 0.3 is 0 Å². The zero-order valence-electron chi connectivity index (χ0n) is 7.74. The predicted molar refractivity (Wildman–Crippen MR) is 58.2 cm³/mol. The zero-order chi connectivity index (χ0) is 9.40. The number of thioether (sulfide) groups is 1. The molecule has 0 aromatic carbocycles. The van der Waals surface area contributed by atoms with Crippen LogP contribution in [0.5, 0.6) is 0 Å². The van der Waals surface area contributed by atoms with Gasteiger partial charge in [0.25, 0.3) is 0 Å². The highest BCUT2D eigenvalue weighted by molar-refractivity contribution is 8.13. The van der Waals surface area contributed by atoms with Gasteiger partial charge in [-0.3, -0.25) is 9.98 Å². The SMILES string of the molecule is CC/N=C(/SC)C(C)/N=C\C=N. The molecule has 0 aliphatic heterocycles. The minimum Gasteiger partial charge on any atom is -0.307 e. The van der Waals surface area contributed by atoms with Crippen LogP contribution in [-0.2, 0) is 0 Å². The Morgan fingerprint density at radius 2 is 2.33 bits per heavy atom. The van der Waals surface area contributed by atoms with Crippen LogP contribution in [0, 0.1) is 5.41 Å². The summed E-state index contributed by atoms with van der Waals surface area (Å²) < 4.78 is 0. The average molecular weight is 185 g/mol. The number of nitrogens with zero attached hydrogens (tertiary/aromatic N) is 2. The van der Waals surface area contributed by atoms with E-state index in [0.29, 0.717) is 0 Å². The van der Waals surface area contributed by atoms with Gasteiger partial charge in [-0.1, -0.05) is 0 Å². The number of nitrogens with one attached hydrogen (secondary N) is 1. The fourth-order valence-electron chi connectivity index (χ4n) is 0.759. The van der Waals surface area contributed by atoms with E-state index in [2.05, 4.69) is 9.98 Å². The Kier molecular flexibility index (Phi) is 6.66. The molecule has 0 heterocycles. The molecule has 0 aliphatic carbocycles. The molecule has 0 aromatic heterocycles. The van der Waals surface area contributed by atoms with E-state index in [-0.39, 0.29) is 6.04 Å². The van der Waals surface area contributed by atoms with Gasteiger partial charge in [-0.2, -0.15) is 0 Å². The third-order valence-electron chi connectivity index (χ3n) is 1.26. The number of rotatable bonds is 4. The second-order valence-electron chi connectivity index (χ2n) is 2.16. The normalized spacial score (nSPS) is 15.1. The number of aliphatic imine (C=N–C) groups is 2. The van der Waals surface area contributed by atoms with Crippen molar-refractivity contribution in [3.8, 4) is 0 Å². The van der Waals surface area contributed by atoms with E-state index in [0.717, 1.165) is 11.6 Å². The first-order chi connectivity index (χ1) is 5.76. The van der Waals surface area contributed by atoms with Gasteiger partial charge in [-0.15, -0.1) is 11.8 Å².